The number of rotatable bonds is 4. The van der Waals surface area contributed by atoms with E-state index >= 15 is 0 Å². The molecule has 2 aromatic carbocycles. The minimum absolute atomic E-state index is 0.122. The number of phenols is 1. The van der Waals surface area contributed by atoms with Gasteiger partial charge in [-0.15, -0.1) is 0 Å². The maximum Gasteiger partial charge on any atom is 0.168 e. The molecule has 0 atom stereocenters. The number of phenolic OH excluding ortho intramolecular Hbond substituents is 1. The molecule has 126 valence electrons. The van der Waals surface area contributed by atoms with Crippen molar-refractivity contribution in [2.24, 2.45) is 0 Å². The number of thiocarbonyl (C=S) groups is 1. The van der Waals surface area contributed by atoms with Crippen LogP contribution in [0.4, 0.5) is 0 Å². The Morgan fingerprint density at radius 3 is 2.42 bits per heavy atom. The van der Waals surface area contributed by atoms with Gasteiger partial charge in [-0.25, -0.2) is 0 Å². The van der Waals surface area contributed by atoms with Gasteiger partial charge in [0.2, 0.25) is 0 Å². The maximum absolute atomic E-state index is 10.3. The van der Waals surface area contributed by atoms with Gasteiger partial charge in [0, 0.05) is 32.7 Å². The van der Waals surface area contributed by atoms with E-state index in [0.717, 1.165) is 32.7 Å². The van der Waals surface area contributed by atoms with Gasteiger partial charge in [0.25, 0.3) is 0 Å². The van der Waals surface area contributed by atoms with Crippen LogP contribution in [0.25, 0.3) is 0 Å². The van der Waals surface area contributed by atoms with Crippen LogP contribution in [-0.4, -0.2) is 53.2 Å². The van der Waals surface area contributed by atoms with E-state index in [-0.39, 0.29) is 5.75 Å². The summed E-state index contributed by atoms with van der Waals surface area (Å²) in [5, 5.41) is 10.3. The lowest BCUT2D eigenvalue weighted by molar-refractivity contribution is 0.177. The zero-order valence-electron chi connectivity index (χ0n) is 13.8. The van der Waals surface area contributed by atoms with Gasteiger partial charge in [-0.05, 0) is 17.7 Å². The van der Waals surface area contributed by atoms with E-state index in [2.05, 4.69) is 34.1 Å². The molecule has 1 saturated heterocycles. The second-order valence-electron chi connectivity index (χ2n) is 5.91. The molecule has 1 aliphatic heterocycles. The lowest BCUT2D eigenvalue weighted by Crippen LogP contribution is -2.48. The Kier molecular flexibility index (Phi) is 5.33. The minimum atomic E-state index is 0.122. The second kappa shape index (κ2) is 7.64. The summed E-state index contributed by atoms with van der Waals surface area (Å²) in [5.41, 5.74) is 2.00. The average Bonchev–Trinajstić information content (AvgIpc) is 2.63. The average molecular weight is 342 g/mol. The summed E-state index contributed by atoms with van der Waals surface area (Å²) in [5.74, 6) is 0.578. The molecule has 0 aliphatic carbocycles. The van der Waals surface area contributed by atoms with E-state index < -0.39 is 0 Å². The van der Waals surface area contributed by atoms with Crippen LogP contribution in [0.5, 0.6) is 11.5 Å². The highest BCUT2D eigenvalue weighted by molar-refractivity contribution is 7.80. The molecule has 3 rings (SSSR count). The Morgan fingerprint density at radius 1 is 1.04 bits per heavy atom. The van der Waals surface area contributed by atoms with Crippen molar-refractivity contribution in [3.8, 4) is 11.5 Å². The Hall–Kier alpha value is -2.11. The molecule has 0 radical (unpaired) electrons. The molecule has 1 N–H and O–H groups in total. The first-order chi connectivity index (χ1) is 11.7. The third-order valence-electron chi connectivity index (χ3n) is 4.36. The van der Waals surface area contributed by atoms with Crippen LogP contribution < -0.4 is 4.74 Å². The lowest BCUT2D eigenvalue weighted by Gasteiger charge is -2.36. The zero-order valence-corrected chi connectivity index (χ0v) is 14.6. The normalized spacial score (nSPS) is 15.3. The van der Waals surface area contributed by atoms with Crippen LogP contribution in [0.3, 0.4) is 0 Å². The Bertz CT molecular complexity index is 698. The summed E-state index contributed by atoms with van der Waals surface area (Å²) in [4.78, 5) is 5.27. The van der Waals surface area contributed by atoms with Gasteiger partial charge >= 0.3 is 0 Å². The van der Waals surface area contributed by atoms with E-state index in [1.54, 1.807) is 13.2 Å². The van der Waals surface area contributed by atoms with Gasteiger partial charge < -0.3 is 14.7 Å². The molecule has 2 aromatic rings. The number of ether oxygens (including phenoxy) is 1. The summed E-state index contributed by atoms with van der Waals surface area (Å²) in [6, 6.07) is 15.9. The third-order valence-corrected chi connectivity index (χ3v) is 4.84. The van der Waals surface area contributed by atoms with Crippen molar-refractivity contribution in [3.05, 3.63) is 59.7 Å². The summed E-state index contributed by atoms with van der Waals surface area (Å²) in [7, 11) is 1.55. The van der Waals surface area contributed by atoms with Crippen molar-refractivity contribution in [2.75, 3.05) is 33.3 Å². The predicted octanol–water partition coefficient (Wildman–Crippen LogP) is 2.89. The summed E-state index contributed by atoms with van der Waals surface area (Å²) in [6.07, 6.45) is 0. The topological polar surface area (TPSA) is 35.9 Å². The molecule has 1 heterocycles. The van der Waals surface area contributed by atoms with Gasteiger partial charge in [0.1, 0.15) is 4.99 Å². The number of benzene rings is 2. The molecule has 4 nitrogen and oxygen atoms in total. The fraction of sp³-hybridized carbons (Fsp3) is 0.316. The number of hydrogen-bond donors (Lipinski definition) is 1. The smallest absolute Gasteiger partial charge is 0.168 e. The van der Waals surface area contributed by atoms with Crippen LogP contribution in [0.15, 0.2) is 48.5 Å². The van der Waals surface area contributed by atoms with Crippen LogP contribution >= 0.6 is 12.2 Å². The summed E-state index contributed by atoms with van der Waals surface area (Å²) in [6.45, 7) is 4.61. The molecule has 0 amide bonds. The third kappa shape index (κ3) is 3.68. The maximum atomic E-state index is 10.3. The predicted molar refractivity (Wildman–Crippen MR) is 99.7 cm³/mol. The summed E-state index contributed by atoms with van der Waals surface area (Å²) < 4.78 is 5.17. The number of para-hydroxylation sites is 1. The van der Waals surface area contributed by atoms with E-state index in [0.29, 0.717) is 16.3 Å². The van der Waals surface area contributed by atoms with Crippen molar-refractivity contribution in [1.82, 2.24) is 9.80 Å². The van der Waals surface area contributed by atoms with Crippen LogP contribution in [0, 0.1) is 0 Å². The quantitative estimate of drug-likeness (QED) is 0.865. The first-order valence-corrected chi connectivity index (χ1v) is 8.51. The molecule has 1 fully saturated rings. The van der Waals surface area contributed by atoms with Crippen molar-refractivity contribution < 1.29 is 9.84 Å². The monoisotopic (exact) mass is 342 g/mol. The molecule has 5 heteroatoms. The van der Waals surface area contributed by atoms with Gasteiger partial charge in [0.15, 0.2) is 11.5 Å². The molecular formula is C19H22N2O2S. The number of aromatic hydroxyl groups is 1. The van der Waals surface area contributed by atoms with Crippen LogP contribution in [0.2, 0.25) is 0 Å². The van der Waals surface area contributed by atoms with Gasteiger partial charge in [-0.3, -0.25) is 4.90 Å². The molecular weight excluding hydrogens is 320 g/mol. The number of methoxy groups -OCH3 is 1. The number of nitrogens with zero attached hydrogens (tertiary/aromatic N) is 2. The molecule has 0 aromatic heterocycles. The van der Waals surface area contributed by atoms with Gasteiger partial charge in [0.05, 0.1) is 12.7 Å². The molecule has 0 unspecified atom stereocenters. The molecule has 0 saturated carbocycles. The van der Waals surface area contributed by atoms with E-state index in [1.807, 2.05) is 18.2 Å². The number of piperazine rings is 1. The summed E-state index contributed by atoms with van der Waals surface area (Å²) >= 11 is 5.60. The van der Waals surface area contributed by atoms with Crippen molar-refractivity contribution in [1.29, 1.82) is 0 Å². The van der Waals surface area contributed by atoms with Crippen LogP contribution in [0.1, 0.15) is 11.1 Å². The van der Waals surface area contributed by atoms with E-state index in [9.17, 15) is 5.11 Å². The zero-order chi connectivity index (χ0) is 16.9. The molecule has 0 bridgehead atoms. The second-order valence-corrected chi connectivity index (χ2v) is 6.30. The van der Waals surface area contributed by atoms with Crippen molar-refractivity contribution in [2.45, 2.75) is 6.54 Å². The first kappa shape index (κ1) is 16.7. The highest BCUT2D eigenvalue weighted by atomic mass is 32.1. The van der Waals surface area contributed by atoms with Gasteiger partial charge in [-0.2, -0.15) is 0 Å². The van der Waals surface area contributed by atoms with Crippen LogP contribution in [-0.2, 0) is 6.54 Å². The van der Waals surface area contributed by atoms with Gasteiger partial charge in [-0.1, -0.05) is 48.6 Å². The van der Waals surface area contributed by atoms with E-state index in [1.165, 1.54) is 5.56 Å². The Morgan fingerprint density at radius 2 is 1.75 bits per heavy atom. The molecule has 24 heavy (non-hydrogen) atoms. The first-order valence-electron chi connectivity index (χ1n) is 8.10. The fourth-order valence-electron chi connectivity index (χ4n) is 2.98. The van der Waals surface area contributed by atoms with Crippen molar-refractivity contribution >= 4 is 17.2 Å². The Labute approximate surface area is 148 Å². The molecule has 0 spiro atoms. The van der Waals surface area contributed by atoms with Crippen molar-refractivity contribution in [3.63, 3.8) is 0 Å². The largest absolute Gasteiger partial charge is 0.504 e. The lowest BCUT2D eigenvalue weighted by atomic mass is 10.1. The Balaban J connectivity index is 1.61. The highest BCUT2D eigenvalue weighted by Crippen LogP contribution is 2.30. The SMILES string of the molecule is COc1cccc(C(=S)N2CCN(Cc3ccccc3)CC2)c1O. The fourth-order valence-corrected chi connectivity index (χ4v) is 3.33. The minimum Gasteiger partial charge on any atom is -0.504 e. The number of hydrogen-bond acceptors (Lipinski definition) is 4. The highest BCUT2D eigenvalue weighted by Gasteiger charge is 2.22. The molecule has 1 aliphatic rings. The van der Waals surface area contributed by atoms with E-state index in [4.69, 9.17) is 17.0 Å². The standard InChI is InChI=1S/C19H22N2O2S/c1-23-17-9-5-8-16(18(17)22)19(24)21-12-10-20(11-13-21)14-15-6-3-2-4-7-15/h2-9,22H,10-14H2,1H3.